The molecule has 1 aliphatic heterocycles. The summed E-state index contributed by atoms with van der Waals surface area (Å²) in [5.74, 6) is -8.92. The number of anilines is 1. The molecule has 6 nitrogen and oxygen atoms in total. The number of hydrogen-bond donors (Lipinski definition) is 2. The maximum Gasteiger partial charge on any atom is 0.352 e. The van der Waals surface area contributed by atoms with Crippen LogP contribution in [0.3, 0.4) is 0 Å². The number of carbonyl (C=O) groups excluding carboxylic acids is 2. The SMILES string of the molecule is N#Cc1cc(NC(=O)c2ccc(F)c(C(F)(F)C(=O)N3CCC(O)CC3)c2)ccc1F. The lowest BCUT2D eigenvalue weighted by atomic mass is 10.0. The Morgan fingerprint density at radius 3 is 2.39 bits per heavy atom. The molecule has 0 spiro atoms. The van der Waals surface area contributed by atoms with Crippen LogP contribution in [0.4, 0.5) is 23.2 Å². The average Bonchev–Trinajstić information content (AvgIpc) is 2.75. The molecule has 0 aliphatic carbocycles. The predicted molar refractivity (Wildman–Crippen MR) is 101 cm³/mol. The third-order valence-corrected chi connectivity index (χ3v) is 4.93. The quantitative estimate of drug-likeness (QED) is 0.722. The van der Waals surface area contributed by atoms with Crippen molar-refractivity contribution in [2.75, 3.05) is 18.4 Å². The molecule has 1 aliphatic rings. The van der Waals surface area contributed by atoms with Crippen LogP contribution in [-0.4, -0.2) is 41.0 Å². The van der Waals surface area contributed by atoms with Crippen LogP contribution in [0.15, 0.2) is 36.4 Å². The third-order valence-electron chi connectivity index (χ3n) is 4.93. The first-order valence-corrected chi connectivity index (χ1v) is 9.29. The molecule has 0 radical (unpaired) electrons. The molecule has 0 atom stereocenters. The highest BCUT2D eigenvalue weighted by atomic mass is 19.3. The maximum atomic E-state index is 14.8. The van der Waals surface area contributed by atoms with Gasteiger partial charge in [-0.15, -0.1) is 0 Å². The van der Waals surface area contributed by atoms with Crippen LogP contribution in [0.2, 0.25) is 0 Å². The Balaban J connectivity index is 1.84. The van der Waals surface area contributed by atoms with Gasteiger partial charge >= 0.3 is 5.92 Å². The number of nitriles is 1. The van der Waals surface area contributed by atoms with E-state index in [0.29, 0.717) is 12.1 Å². The Bertz CT molecular complexity index is 1060. The molecule has 1 heterocycles. The lowest BCUT2D eigenvalue weighted by Crippen LogP contribution is -2.47. The number of amides is 2. The maximum absolute atomic E-state index is 14.8. The number of nitrogens with one attached hydrogen (secondary N) is 1. The molecule has 0 bridgehead atoms. The highest BCUT2D eigenvalue weighted by Crippen LogP contribution is 2.34. The largest absolute Gasteiger partial charge is 0.393 e. The van der Waals surface area contributed by atoms with Crippen LogP contribution in [0, 0.1) is 23.0 Å². The number of piperidine rings is 1. The van der Waals surface area contributed by atoms with E-state index in [1.54, 1.807) is 6.07 Å². The summed E-state index contributed by atoms with van der Waals surface area (Å²) in [5.41, 5.74) is -1.92. The van der Waals surface area contributed by atoms with Crippen LogP contribution in [0.25, 0.3) is 0 Å². The van der Waals surface area contributed by atoms with Gasteiger partial charge in [-0.1, -0.05) is 0 Å². The highest BCUT2D eigenvalue weighted by Gasteiger charge is 2.46. The van der Waals surface area contributed by atoms with E-state index >= 15 is 0 Å². The predicted octanol–water partition coefficient (Wildman–Crippen LogP) is 3.16. The van der Waals surface area contributed by atoms with E-state index in [1.165, 1.54) is 6.07 Å². The summed E-state index contributed by atoms with van der Waals surface area (Å²) in [4.78, 5) is 25.6. The van der Waals surface area contributed by atoms with Crippen molar-refractivity contribution in [2.24, 2.45) is 0 Å². The van der Waals surface area contributed by atoms with Crippen LogP contribution in [-0.2, 0) is 10.7 Å². The summed E-state index contributed by atoms with van der Waals surface area (Å²) in [6, 6.07) is 6.96. The van der Waals surface area contributed by atoms with Crippen molar-refractivity contribution in [1.29, 1.82) is 5.26 Å². The lowest BCUT2D eigenvalue weighted by molar-refractivity contribution is -0.161. The van der Waals surface area contributed by atoms with Crippen molar-refractivity contribution in [1.82, 2.24) is 4.90 Å². The molecule has 2 amide bonds. The van der Waals surface area contributed by atoms with Crippen molar-refractivity contribution in [3.8, 4) is 6.07 Å². The fourth-order valence-electron chi connectivity index (χ4n) is 3.18. The van der Waals surface area contributed by atoms with E-state index in [-0.39, 0.29) is 42.7 Å². The van der Waals surface area contributed by atoms with E-state index in [0.717, 1.165) is 23.1 Å². The second-order valence-electron chi connectivity index (χ2n) is 7.05. The smallest absolute Gasteiger partial charge is 0.352 e. The summed E-state index contributed by atoms with van der Waals surface area (Å²) in [7, 11) is 0. The standard InChI is InChI=1S/C21H17F4N3O3/c22-17-4-2-14(9-13(17)11-26)27-19(30)12-1-3-18(23)16(10-12)21(24,25)20(31)28-7-5-15(29)6-8-28/h1-4,9-10,15,29H,5-8H2,(H,27,30). The molecule has 1 saturated heterocycles. The molecule has 0 saturated carbocycles. The Labute approximate surface area is 174 Å². The second-order valence-corrected chi connectivity index (χ2v) is 7.05. The number of nitrogens with zero attached hydrogens (tertiary/aromatic N) is 2. The van der Waals surface area contributed by atoms with Gasteiger partial charge in [0, 0.05) is 24.3 Å². The van der Waals surface area contributed by atoms with Gasteiger partial charge in [0.05, 0.1) is 17.2 Å². The van der Waals surface area contributed by atoms with Gasteiger partial charge in [-0.3, -0.25) is 9.59 Å². The van der Waals surface area contributed by atoms with Crippen LogP contribution < -0.4 is 5.32 Å². The number of rotatable bonds is 4. The second kappa shape index (κ2) is 8.73. The third kappa shape index (κ3) is 4.67. The van der Waals surface area contributed by atoms with Gasteiger partial charge in [0.1, 0.15) is 17.7 Å². The molecule has 2 aromatic rings. The molecule has 1 fully saturated rings. The molecule has 0 unspecified atom stereocenters. The van der Waals surface area contributed by atoms with E-state index in [4.69, 9.17) is 5.26 Å². The molecule has 2 N–H and O–H groups in total. The minimum Gasteiger partial charge on any atom is -0.393 e. The first-order valence-electron chi connectivity index (χ1n) is 9.29. The number of likely N-dealkylation sites (tertiary alicyclic amines) is 1. The van der Waals surface area contributed by atoms with Crippen molar-refractivity contribution in [2.45, 2.75) is 24.9 Å². The molecule has 10 heteroatoms. The van der Waals surface area contributed by atoms with Gasteiger partial charge in [0.25, 0.3) is 11.8 Å². The van der Waals surface area contributed by atoms with Crippen LogP contribution >= 0.6 is 0 Å². The summed E-state index contributed by atoms with van der Waals surface area (Å²) >= 11 is 0. The van der Waals surface area contributed by atoms with E-state index in [9.17, 15) is 32.3 Å². The average molecular weight is 435 g/mol. The van der Waals surface area contributed by atoms with Gasteiger partial charge in [-0.25, -0.2) is 8.78 Å². The Morgan fingerprint density at radius 1 is 1.10 bits per heavy atom. The lowest BCUT2D eigenvalue weighted by Gasteiger charge is -2.32. The molecule has 31 heavy (non-hydrogen) atoms. The molecule has 3 rings (SSSR count). The molecular formula is C21H17F4N3O3. The summed E-state index contributed by atoms with van der Waals surface area (Å²) < 4.78 is 57.2. The monoisotopic (exact) mass is 435 g/mol. The number of hydrogen-bond acceptors (Lipinski definition) is 4. The van der Waals surface area contributed by atoms with E-state index in [1.807, 2.05) is 0 Å². The minimum atomic E-state index is -4.23. The molecular weight excluding hydrogens is 418 g/mol. The Morgan fingerprint density at radius 2 is 1.74 bits per heavy atom. The number of carbonyl (C=O) groups is 2. The van der Waals surface area contributed by atoms with Crippen molar-refractivity contribution >= 4 is 17.5 Å². The van der Waals surface area contributed by atoms with Gasteiger partial charge in [-0.2, -0.15) is 14.0 Å². The Kier molecular flexibility index (Phi) is 6.27. The zero-order valence-electron chi connectivity index (χ0n) is 16.0. The number of aliphatic hydroxyl groups excluding tert-OH is 1. The van der Waals surface area contributed by atoms with Gasteiger partial charge in [0.2, 0.25) is 0 Å². The highest BCUT2D eigenvalue weighted by molar-refractivity contribution is 6.04. The molecule has 2 aromatic carbocycles. The number of benzene rings is 2. The molecule has 162 valence electrons. The van der Waals surface area contributed by atoms with Crippen molar-refractivity contribution in [3.63, 3.8) is 0 Å². The van der Waals surface area contributed by atoms with Gasteiger partial charge in [-0.05, 0) is 49.2 Å². The van der Waals surface area contributed by atoms with Crippen LogP contribution in [0.1, 0.15) is 34.3 Å². The van der Waals surface area contributed by atoms with Gasteiger partial charge < -0.3 is 15.3 Å². The first-order chi connectivity index (χ1) is 14.6. The van der Waals surface area contributed by atoms with Gasteiger partial charge in [0.15, 0.2) is 0 Å². The first kappa shape index (κ1) is 22.2. The fraction of sp³-hybridized carbons (Fsp3) is 0.286. The summed E-state index contributed by atoms with van der Waals surface area (Å²) in [6.07, 6.45) is -0.418. The fourth-order valence-corrected chi connectivity index (χ4v) is 3.18. The number of aliphatic hydroxyl groups is 1. The topological polar surface area (TPSA) is 93.4 Å². The van der Waals surface area contributed by atoms with Crippen LogP contribution in [0.5, 0.6) is 0 Å². The zero-order valence-corrected chi connectivity index (χ0v) is 16.0. The normalized spacial score (nSPS) is 14.8. The number of alkyl halides is 2. The Hall–Kier alpha value is -3.45. The summed E-state index contributed by atoms with van der Waals surface area (Å²) in [5, 5.41) is 20.6. The van der Waals surface area contributed by atoms with Crippen molar-refractivity contribution < 1.29 is 32.3 Å². The van der Waals surface area contributed by atoms with Crippen molar-refractivity contribution in [3.05, 3.63) is 64.7 Å². The number of halogens is 4. The summed E-state index contributed by atoms with van der Waals surface area (Å²) in [6.45, 7) is -0.188. The van der Waals surface area contributed by atoms with E-state index < -0.39 is 41.0 Å². The zero-order chi connectivity index (χ0) is 22.8. The van der Waals surface area contributed by atoms with E-state index in [2.05, 4.69) is 5.32 Å². The minimum absolute atomic E-state index is 0.0311. The molecule has 0 aromatic heterocycles.